The van der Waals surface area contributed by atoms with Gasteiger partial charge in [0.15, 0.2) is 0 Å². The number of aliphatic carboxylic acids is 1. The van der Waals surface area contributed by atoms with E-state index >= 15 is 0 Å². The van der Waals surface area contributed by atoms with Gasteiger partial charge in [-0.3, -0.25) is 4.79 Å². The first kappa shape index (κ1) is 14.6. The fourth-order valence-electron chi connectivity index (χ4n) is 2.32. The first-order chi connectivity index (χ1) is 9.70. The van der Waals surface area contributed by atoms with Crippen LogP contribution in [0.3, 0.4) is 0 Å². The van der Waals surface area contributed by atoms with Crippen LogP contribution in [0.5, 0.6) is 5.75 Å². The third-order valence-electron chi connectivity index (χ3n) is 3.44. The molecule has 4 heteroatoms. The predicted molar refractivity (Wildman–Crippen MR) is 78.8 cm³/mol. The lowest BCUT2D eigenvalue weighted by Gasteiger charge is -2.11. The molecule has 1 aromatic carbocycles. The molecule has 1 aliphatic heterocycles. The molecule has 0 aliphatic carbocycles. The zero-order chi connectivity index (χ0) is 14.4. The molecule has 0 aromatic heterocycles. The summed E-state index contributed by atoms with van der Waals surface area (Å²) in [7, 11) is 0. The number of carboxylic acids is 1. The Morgan fingerprint density at radius 1 is 1.45 bits per heavy atom. The van der Waals surface area contributed by atoms with Crippen molar-refractivity contribution in [2.75, 3.05) is 13.2 Å². The lowest BCUT2D eigenvalue weighted by Crippen LogP contribution is -2.29. The van der Waals surface area contributed by atoms with Gasteiger partial charge in [-0.25, -0.2) is 0 Å². The third-order valence-corrected chi connectivity index (χ3v) is 3.44. The van der Waals surface area contributed by atoms with E-state index in [0.29, 0.717) is 6.42 Å². The Kier molecular flexibility index (Phi) is 5.18. The molecule has 0 saturated carbocycles. The van der Waals surface area contributed by atoms with Crippen LogP contribution >= 0.6 is 0 Å². The minimum atomic E-state index is -0.729. The minimum absolute atomic E-state index is 0.0801. The molecule has 1 fully saturated rings. The Balaban J connectivity index is 1.95. The lowest BCUT2D eigenvalue weighted by atomic mass is 10.00. The quantitative estimate of drug-likeness (QED) is 0.837. The van der Waals surface area contributed by atoms with Gasteiger partial charge >= 0.3 is 5.97 Å². The summed E-state index contributed by atoms with van der Waals surface area (Å²) < 4.78 is 5.52. The molecule has 1 saturated heterocycles. The summed E-state index contributed by atoms with van der Waals surface area (Å²) in [6, 6.07) is 7.75. The zero-order valence-electron chi connectivity index (χ0n) is 11.7. The molecule has 1 heterocycles. The molecule has 108 valence electrons. The molecule has 0 radical (unpaired) electrons. The summed E-state index contributed by atoms with van der Waals surface area (Å²) in [5.74, 6) is -0.183. The second kappa shape index (κ2) is 7.10. The maximum absolute atomic E-state index is 11.1. The summed E-state index contributed by atoms with van der Waals surface area (Å²) in [6.45, 7) is 3.56. The molecule has 20 heavy (non-hydrogen) atoms. The molecule has 2 rings (SSSR count). The second-order valence-electron chi connectivity index (χ2n) is 4.99. The van der Waals surface area contributed by atoms with E-state index in [2.05, 4.69) is 12.2 Å². The average molecular weight is 275 g/mol. The van der Waals surface area contributed by atoms with Crippen LogP contribution in [-0.4, -0.2) is 30.3 Å². The summed E-state index contributed by atoms with van der Waals surface area (Å²) in [5.41, 5.74) is 1.05. The molecular weight excluding hydrogens is 254 g/mol. The lowest BCUT2D eigenvalue weighted by molar-refractivity contribution is -0.141. The Bertz CT molecular complexity index is 467. The number of hydrogen-bond acceptors (Lipinski definition) is 3. The van der Waals surface area contributed by atoms with Gasteiger partial charge in [-0.05, 0) is 37.1 Å². The number of rotatable bonds is 6. The number of ether oxygens (including phenoxy) is 1. The van der Waals surface area contributed by atoms with E-state index in [1.807, 2.05) is 36.4 Å². The van der Waals surface area contributed by atoms with Crippen LogP contribution in [-0.2, 0) is 4.79 Å². The van der Waals surface area contributed by atoms with Crippen molar-refractivity contribution in [3.05, 3.63) is 35.9 Å². The van der Waals surface area contributed by atoms with Gasteiger partial charge in [0.25, 0.3) is 0 Å². The van der Waals surface area contributed by atoms with Gasteiger partial charge < -0.3 is 15.2 Å². The highest BCUT2D eigenvalue weighted by molar-refractivity contribution is 5.72. The van der Waals surface area contributed by atoms with Crippen molar-refractivity contribution in [3.8, 4) is 5.75 Å². The van der Waals surface area contributed by atoms with Crippen molar-refractivity contribution in [2.45, 2.75) is 25.8 Å². The van der Waals surface area contributed by atoms with E-state index < -0.39 is 5.97 Å². The first-order valence-electron chi connectivity index (χ1n) is 7.08. The van der Waals surface area contributed by atoms with Gasteiger partial charge in [0.2, 0.25) is 0 Å². The van der Waals surface area contributed by atoms with Gasteiger partial charge in [0.05, 0.1) is 12.5 Å². The van der Waals surface area contributed by atoms with Crippen LogP contribution in [0.1, 0.15) is 25.3 Å². The van der Waals surface area contributed by atoms with Crippen molar-refractivity contribution in [3.63, 3.8) is 0 Å². The van der Waals surface area contributed by atoms with Gasteiger partial charge in [0, 0.05) is 6.04 Å². The number of carbonyl (C=O) groups is 1. The molecule has 0 bridgehead atoms. The van der Waals surface area contributed by atoms with Crippen LogP contribution in [0.4, 0.5) is 0 Å². The SMILES string of the molecule is CCCOc1ccc(/C=C\C2NCCC2C(=O)O)cc1. The Morgan fingerprint density at radius 2 is 2.20 bits per heavy atom. The topological polar surface area (TPSA) is 58.6 Å². The second-order valence-corrected chi connectivity index (χ2v) is 4.99. The van der Waals surface area contributed by atoms with Crippen LogP contribution in [0.2, 0.25) is 0 Å². The van der Waals surface area contributed by atoms with E-state index in [-0.39, 0.29) is 12.0 Å². The first-order valence-corrected chi connectivity index (χ1v) is 7.08. The highest BCUT2D eigenvalue weighted by Crippen LogP contribution is 2.19. The average Bonchev–Trinajstić information content (AvgIpc) is 2.92. The maximum Gasteiger partial charge on any atom is 0.308 e. The molecular formula is C16H21NO3. The maximum atomic E-state index is 11.1. The van der Waals surface area contributed by atoms with Crippen LogP contribution in [0, 0.1) is 5.92 Å². The summed E-state index contributed by atoms with van der Waals surface area (Å²) >= 11 is 0. The van der Waals surface area contributed by atoms with Crippen LogP contribution in [0.15, 0.2) is 30.3 Å². The van der Waals surface area contributed by atoms with Crippen molar-refractivity contribution >= 4 is 12.0 Å². The fourth-order valence-corrected chi connectivity index (χ4v) is 2.32. The van der Waals surface area contributed by atoms with Crippen molar-refractivity contribution in [1.82, 2.24) is 5.32 Å². The molecule has 0 amide bonds. The van der Waals surface area contributed by atoms with Gasteiger partial charge in [-0.15, -0.1) is 0 Å². The third kappa shape index (κ3) is 3.84. The number of carboxylic acid groups (broad SMARTS) is 1. The number of hydrogen-bond donors (Lipinski definition) is 2. The van der Waals surface area contributed by atoms with Gasteiger partial charge in [0.1, 0.15) is 5.75 Å². The smallest absolute Gasteiger partial charge is 0.308 e. The van der Waals surface area contributed by atoms with E-state index in [4.69, 9.17) is 9.84 Å². The molecule has 2 unspecified atom stereocenters. The van der Waals surface area contributed by atoms with Crippen molar-refractivity contribution in [1.29, 1.82) is 0 Å². The molecule has 0 spiro atoms. The van der Waals surface area contributed by atoms with Crippen molar-refractivity contribution in [2.24, 2.45) is 5.92 Å². The highest BCUT2D eigenvalue weighted by atomic mass is 16.5. The minimum Gasteiger partial charge on any atom is -0.494 e. The monoisotopic (exact) mass is 275 g/mol. The van der Waals surface area contributed by atoms with E-state index in [0.717, 1.165) is 30.9 Å². The Morgan fingerprint density at radius 3 is 2.85 bits per heavy atom. The van der Waals surface area contributed by atoms with E-state index in [1.54, 1.807) is 0 Å². The normalized spacial score (nSPS) is 22.2. The standard InChI is InChI=1S/C16H21NO3/c1-2-11-20-13-6-3-12(4-7-13)5-8-15-14(16(18)19)9-10-17-15/h3-8,14-15,17H,2,9-11H2,1H3,(H,18,19)/b8-5-. The zero-order valence-corrected chi connectivity index (χ0v) is 11.7. The largest absolute Gasteiger partial charge is 0.494 e. The number of benzene rings is 1. The van der Waals surface area contributed by atoms with Gasteiger partial charge in [-0.2, -0.15) is 0 Å². The summed E-state index contributed by atoms with van der Waals surface area (Å²) in [5, 5.41) is 12.3. The molecule has 1 aliphatic rings. The Labute approximate surface area is 119 Å². The Hall–Kier alpha value is -1.81. The summed E-state index contributed by atoms with van der Waals surface area (Å²) in [6.07, 6.45) is 5.58. The molecule has 2 N–H and O–H groups in total. The van der Waals surface area contributed by atoms with E-state index in [9.17, 15) is 4.79 Å². The molecule has 2 atom stereocenters. The van der Waals surface area contributed by atoms with E-state index in [1.165, 1.54) is 0 Å². The predicted octanol–water partition coefficient (Wildman–Crippen LogP) is 2.55. The number of nitrogens with one attached hydrogen (secondary N) is 1. The molecule has 1 aromatic rings. The van der Waals surface area contributed by atoms with Crippen molar-refractivity contribution < 1.29 is 14.6 Å². The highest BCUT2D eigenvalue weighted by Gasteiger charge is 2.30. The van der Waals surface area contributed by atoms with Crippen LogP contribution < -0.4 is 10.1 Å². The van der Waals surface area contributed by atoms with Crippen LogP contribution in [0.25, 0.3) is 6.08 Å². The molecule has 4 nitrogen and oxygen atoms in total. The summed E-state index contributed by atoms with van der Waals surface area (Å²) in [4.78, 5) is 11.1. The van der Waals surface area contributed by atoms with Gasteiger partial charge in [-0.1, -0.05) is 31.2 Å². The fraction of sp³-hybridized carbons (Fsp3) is 0.438.